The van der Waals surface area contributed by atoms with Crippen molar-refractivity contribution in [2.24, 2.45) is 5.92 Å². The Kier molecular flexibility index (Phi) is 6.15. The molecule has 0 aliphatic rings. The highest BCUT2D eigenvalue weighted by Gasteiger charge is 2.27. The van der Waals surface area contributed by atoms with Gasteiger partial charge in [-0.05, 0) is 43.5 Å². The number of hydrogen-bond donors (Lipinski definition) is 1. The molecule has 1 aromatic heterocycles. The zero-order chi connectivity index (χ0) is 20.3. The molecule has 2 atom stereocenters. The van der Waals surface area contributed by atoms with Gasteiger partial charge in [0.15, 0.2) is 0 Å². The van der Waals surface area contributed by atoms with Gasteiger partial charge in [-0.15, -0.1) is 0 Å². The standard InChI is InChI=1S/C22H24ClN3O2/c1-5-14(3)19(24-21(27)16-9-6-13(2)7-10-16)22-25-20(26-28-22)17-11-8-15(4)18(23)12-17/h6-12,14,19H,5H2,1-4H3,(H,24,27)/t14-,19+/m0/s1. The molecular formula is C22H24ClN3O2. The van der Waals surface area contributed by atoms with E-state index in [1.165, 1.54) is 0 Å². The normalized spacial score (nSPS) is 13.2. The Hall–Kier alpha value is -2.66. The molecule has 28 heavy (non-hydrogen) atoms. The number of amides is 1. The minimum Gasteiger partial charge on any atom is -0.340 e. The van der Waals surface area contributed by atoms with E-state index in [-0.39, 0.29) is 17.9 Å². The van der Waals surface area contributed by atoms with Gasteiger partial charge in [-0.1, -0.05) is 66.9 Å². The highest BCUT2D eigenvalue weighted by atomic mass is 35.5. The van der Waals surface area contributed by atoms with Crippen molar-refractivity contribution in [3.63, 3.8) is 0 Å². The minimum absolute atomic E-state index is 0.129. The van der Waals surface area contributed by atoms with Crippen LogP contribution < -0.4 is 5.32 Å². The number of nitrogens with one attached hydrogen (secondary N) is 1. The molecule has 1 amide bonds. The third kappa shape index (κ3) is 4.42. The lowest BCUT2D eigenvalue weighted by Gasteiger charge is -2.20. The Morgan fingerprint density at radius 2 is 1.89 bits per heavy atom. The molecule has 5 nitrogen and oxygen atoms in total. The van der Waals surface area contributed by atoms with E-state index >= 15 is 0 Å². The van der Waals surface area contributed by atoms with E-state index in [4.69, 9.17) is 16.1 Å². The van der Waals surface area contributed by atoms with Crippen molar-refractivity contribution in [2.45, 2.75) is 40.2 Å². The first kappa shape index (κ1) is 20.1. The van der Waals surface area contributed by atoms with E-state index in [0.29, 0.717) is 22.3 Å². The molecule has 3 rings (SSSR count). The van der Waals surface area contributed by atoms with E-state index in [0.717, 1.165) is 23.1 Å². The number of rotatable bonds is 6. The number of nitrogens with zero attached hydrogens (tertiary/aromatic N) is 2. The summed E-state index contributed by atoms with van der Waals surface area (Å²) in [4.78, 5) is 17.2. The third-order valence-electron chi connectivity index (χ3n) is 4.95. The molecule has 1 heterocycles. The fraction of sp³-hybridized carbons (Fsp3) is 0.318. The third-order valence-corrected chi connectivity index (χ3v) is 5.36. The van der Waals surface area contributed by atoms with Gasteiger partial charge in [0.2, 0.25) is 11.7 Å². The highest BCUT2D eigenvalue weighted by Crippen LogP contribution is 2.28. The summed E-state index contributed by atoms with van der Waals surface area (Å²) in [6.45, 7) is 8.04. The summed E-state index contributed by atoms with van der Waals surface area (Å²) in [6.07, 6.45) is 0.854. The van der Waals surface area contributed by atoms with Crippen LogP contribution in [0.5, 0.6) is 0 Å². The van der Waals surface area contributed by atoms with Crippen molar-refractivity contribution >= 4 is 17.5 Å². The molecule has 0 aliphatic heterocycles. The summed E-state index contributed by atoms with van der Waals surface area (Å²) in [6, 6.07) is 12.7. The number of carbonyl (C=O) groups excluding carboxylic acids is 1. The van der Waals surface area contributed by atoms with Crippen LogP contribution >= 0.6 is 11.6 Å². The van der Waals surface area contributed by atoms with Crippen molar-refractivity contribution in [3.05, 3.63) is 70.1 Å². The van der Waals surface area contributed by atoms with Gasteiger partial charge in [-0.3, -0.25) is 4.79 Å². The molecule has 146 valence electrons. The topological polar surface area (TPSA) is 68.0 Å². The van der Waals surface area contributed by atoms with E-state index in [9.17, 15) is 4.79 Å². The molecule has 0 unspecified atom stereocenters. The molecule has 0 fully saturated rings. The minimum atomic E-state index is -0.374. The first-order chi connectivity index (χ1) is 13.4. The fourth-order valence-electron chi connectivity index (χ4n) is 2.82. The number of hydrogen-bond acceptors (Lipinski definition) is 4. The van der Waals surface area contributed by atoms with E-state index in [1.807, 2.05) is 63.2 Å². The van der Waals surface area contributed by atoms with Crippen LogP contribution in [-0.4, -0.2) is 16.0 Å². The van der Waals surface area contributed by atoms with Gasteiger partial charge < -0.3 is 9.84 Å². The molecule has 0 radical (unpaired) electrons. The summed E-state index contributed by atoms with van der Waals surface area (Å²) in [5.74, 6) is 0.809. The summed E-state index contributed by atoms with van der Waals surface area (Å²) in [5, 5.41) is 7.78. The van der Waals surface area contributed by atoms with E-state index < -0.39 is 0 Å². The summed E-state index contributed by atoms with van der Waals surface area (Å²) < 4.78 is 5.51. The summed E-state index contributed by atoms with van der Waals surface area (Å²) in [5.41, 5.74) is 3.47. The monoisotopic (exact) mass is 397 g/mol. The maximum absolute atomic E-state index is 12.7. The molecule has 0 bridgehead atoms. The second kappa shape index (κ2) is 8.57. The number of aromatic nitrogens is 2. The van der Waals surface area contributed by atoms with Gasteiger partial charge in [-0.25, -0.2) is 0 Å². The number of benzene rings is 2. The molecular weight excluding hydrogens is 374 g/mol. The lowest BCUT2D eigenvalue weighted by atomic mass is 9.98. The molecule has 0 spiro atoms. The second-order valence-electron chi connectivity index (χ2n) is 7.12. The summed E-state index contributed by atoms with van der Waals surface area (Å²) >= 11 is 6.21. The first-order valence-electron chi connectivity index (χ1n) is 9.36. The average Bonchev–Trinajstić information content (AvgIpc) is 3.17. The van der Waals surface area contributed by atoms with Gasteiger partial charge >= 0.3 is 0 Å². The second-order valence-corrected chi connectivity index (χ2v) is 7.53. The van der Waals surface area contributed by atoms with Crippen LogP contribution in [0.4, 0.5) is 0 Å². The van der Waals surface area contributed by atoms with Crippen LogP contribution in [0.15, 0.2) is 47.0 Å². The molecule has 0 saturated carbocycles. The lowest BCUT2D eigenvalue weighted by Crippen LogP contribution is -2.32. The van der Waals surface area contributed by atoms with E-state index in [2.05, 4.69) is 22.4 Å². The quantitative estimate of drug-likeness (QED) is 0.594. The largest absolute Gasteiger partial charge is 0.340 e. The number of halogens is 1. The van der Waals surface area contributed by atoms with Crippen LogP contribution in [0.25, 0.3) is 11.4 Å². The van der Waals surface area contributed by atoms with Crippen molar-refractivity contribution in [3.8, 4) is 11.4 Å². The maximum Gasteiger partial charge on any atom is 0.251 e. The van der Waals surface area contributed by atoms with Crippen LogP contribution in [-0.2, 0) is 0 Å². The van der Waals surface area contributed by atoms with Gasteiger partial charge in [0.05, 0.1) is 0 Å². The average molecular weight is 398 g/mol. The molecule has 2 aromatic carbocycles. The molecule has 0 saturated heterocycles. The Morgan fingerprint density at radius 3 is 2.54 bits per heavy atom. The van der Waals surface area contributed by atoms with E-state index in [1.54, 1.807) is 0 Å². The van der Waals surface area contributed by atoms with Crippen molar-refractivity contribution in [1.82, 2.24) is 15.5 Å². The maximum atomic E-state index is 12.7. The molecule has 3 aromatic rings. The highest BCUT2D eigenvalue weighted by molar-refractivity contribution is 6.31. The predicted molar refractivity (Wildman–Crippen MR) is 110 cm³/mol. The predicted octanol–water partition coefficient (Wildman–Crippen LogP) is 5.52. The smallest absolute Gasteiger partial charge is 0.251 e. The first-order valence-corrected chi connectivity index (χ1v) is 9.74. The Labute approximate surface area is 170 Å². The zero-order valence-electron chi connectivity index (χ0n) is 16.5. The van der Waals surface area contributed by atoms with Gasteiger partial charge in [0.1, 0.15) is 6.04 Å². The summed E-state index contributed by atoms with van der Waals surface area (Å²) in [7, 11) is 0. The van der Waals surface area contributed by atoms with Gasteiger partial charge in [0.25, 0.3) is 5.91 Å². The number of carbonyl (C=O) groups is 1. The van der Waals surface area contributed by atoms with Gasteiger partial charge in [0, 0.05) is 16.1 Å². The van der Waals surface area contributed by atoms with Crippen LogP contribution in [0, 0.1) is 19.8 Å². The van der Waals surface area contributed by atoms with Crippen LogP contribution in [0.1, 0.15) is 53.7 Å². The van der Waals surface area contributed by atoms with Crippen molar-refractivity contribution in [2.75, 3.05) is 0 Å². The van der Waals surface area contributed by atoms with Crippen LogP contribution in [0.2, 0.25) is 5.02 Å². The van der Waals surface area contributed by atoms with Crippen molar-refractivity contribution in [1.29, 1.82) is 0 Å². The molecule has 6 heteroatoms. The SMILES string of the molecule is CC[C@H](C)[C@@H](NC(=O)c1ccc(C)cc1)c1nc(-c2ccc(C)c(Cl)c2)no1. The Morgan fingerprint density at radius 1 is 1.18 bits per heavy atom. The zero-order valence-corrected chi connectivity index (χ0v) is 17.2. The number of aryl methyl sites for hydroxylation is 2. The Bertz CT molecular complexity index is 966. The van der Waals surface area contributed by atoms with Crippen molar-refractivity contribution < 1.29 is 9.32 Å². The lowest BCUT2D eigenvalue weighted by molar-refractivity contribution is 0.0910. The Balaban J connectivity index is 1.86. The molecule has 0 aliphatic carbocycles. The van der Waals surface area contributed by atoms with Crippen LogP contribution in [0.3, 0.4) is 0 Å². The van der Waals surface area contributed by atoms with Gasteiger partial charge in [-0.2, -0.15) is 4.98 Å². The molecule has 1 N–H and O–H groups in total. The fourth-order valence-corrected chi connectivity index (χ4v) is 3.00.